The zero-order chi connectivity index (χ0) is 91.3. The second-order valence-electron chi connectivity index (χ2n) is 30.9. The van der Waals surface area contributed by atoms with Crippen LogP contribution >= 0.6 is 0 Å². The maximum atomic E-state index is 14.7. The van der Waals surface area contributed by atoms with E-state index in [2.05, 4.69) is 53.2 Å². The van der Waals surface area contributed by atoms with Crippen molar-refractivity contribution in [2.24, 2.45) is 11.7 Å². The van der Waals surface area contributed by atoms with Crippen molar-refractivity contribution in [3.63, 3.8) is 0 Å². The fourth-order valence-corrected chi connectivity index (χ4v) is 14.6. The van der Waals surface area contributed by atoms with Crippen molar-refractivity contribution in [2.45, 2.75) is 183 Å². The molecule has 0 spiro atoms. The van der Waals surface area contributed by atoms with Gasteiger partial charge in [-0.3, -0.25) is 72.6 Å². The Balaban J connectivity index is 0.812. The van der Waals surface area contributed by atoms with Crippen LogP contribution in [0.15, 0.2) is 103 Å². The Bertz CT molecular complexity index is 4860. The molecule has 41 nitrogen and oxygen atoms in total. The summed E-state index contributed by atoms with van der Waals surface area (Å²) in [6.45, 7) is 0.226. The molecule has 2 aliphatic heterocycles. The number of phenols is 4. The van der Waals surface area contributed by atoms with E-state index in [-0.39, 0.29) is 115 Å². The first-order valence-electron chi connectivity index (χ1n) is 40.2. The van der Waals surface area contributed by atoms with Gasteiger partial charge in [-0.15, -0.1) is 0 Å². The standard InChI is InChI=1S/C84H103N13O28/c1-41(2)30-53(76(114)88-46-20-14-45(15-21-46)40-123-83(120)96-52-33-65(124-42(3)70(52)108)125-60-35-84(121,61(104)39-101)34-50-67(60)74(112)69-68(72(50)110)71(109)49-10-8-12-59(122-4)66(49)73(69)111)90-79(117)56(36-98)94-78(116)55(32-44-18-24-48(103)25-19-44)91-77(115)54(31-43-16-22-47(102)23-17-43)92-80(118)57(37-99)95-81(119)58(38-100)93-75(113)51(11-9-28-87-82(85)86)89-62(105)13-6-5-7-29-97-63(106)26-27-64(97)107/h8,10,12,14-27,41-42,51-58,60,65,70,98-103,108,110,112,121H,5-7,9,11,13,28-40H2,1-4H3,(H,88,114)(H,89,105)(H,90,117)(H,91,115)(H,92,118)(H,93,113)(H,94,116)(H,95,119)(H,96,120)(H4,85,86,87)/t42-,51-,52-,53-,54-,55-,56-,57-,58-,60-,65-,70+,84-/m0/s1. The number of carbonyl (C=O) groups is 14. The summed E-state index contributed by atoms with van der Waals surface area (Å²) in [5.41, 5.74) is 1.85. The Kier molecular flexibility index (Phi) is 33.6. The first kappa shape index (κ1) is 95.8. The lowest BCUT2D eigenvalue weighted by molar-refractivity contribution is -0.249. The highest BCUT2D eigenvalue weighted by atomic mass is 16.7. The van der Waals surface area contributed by atoms with E-state index in [4.69, 9.17) is 30.1 Å². The van der Waals surface area contributed by atoms with Crippen molar-refractivity contribution in [3.05, 3.63) is 153 Å². The van der Waals surface area contributed by atoms with Crippen LogP contribution in [0.2, 0.25) is 0 Å². The molecule has 2 aliphatic carbocycles. The Labute approximate surface area is 715 Å². The number of benzene rings is 5. The molecular formula is C84H103N13O28. The predicted octanol–water partition coefficient (Wildman–Crippen LogP) is -2.03. The lowest BCUT2D eigenvalue weighted by atomic mass is 9.72. The summed E-state index contributed by atoms with van der Waals surface area (Å²) >= 11 is 0. The first-order valence-corrected chi connectivity index (χ1v) is 40.2. The van der Waals surface area contributed by atoms with Gasteiger partial charge < -0.3 is 129 Å². The van der Waals surface area contributed by atoms with Crippen LogP contribution in [-0.2, 0) is 92.8 Å². The number of hydrogen-bond acceptors (Lipinski definition) is 29. The first-order chi connectivity index (χ1) is 59.5. The number of anilines is 1. The predicted molar refractivity (Wildman–Crippen MR) is 437 cm³/mol. The lowest BCUT2D eigenvalue weighted by Crippen LogP contribution is -2.61. The summed E-state index contributed by atoms with van der Waals surface area (Å²) in [4.78, 5) is 192. The van der Waals surface area contributed by atoms with E-state index in [1.807, 2.05) is 0 Å². The number of aliphatic hydroxyl groups excluding tert-OH is 5. The summed E-state index contributed by atoms with van der Waals surface area (Å²) < 4.78 is 23.1. The number of ether oxygens (including phenoxy) is 4. The van der Waals surface area contributed by atoms with Gasteiger partial charge in [0.1, 0.15) is 96.0 Å². The molecule has 672 valence electrons. The minimum Gasteiger partial charge on any atom is -0.508 e. The van der Waals surface area contributed by atoms with Crippen LogP contribution in [0.4, 0.5) is 10.5 Å². The van der Waals surface area contributed by atoms with Gasteiger partial charge in [0.2, 0.25) is 53.0 Å². The van der Waals surface area contributed by atoms with Gasteiger partial charge in [0, 0.05) is 86.1 Å². The molecular weight excluding hydrogens is 1640 g/mol. The SMILES string of the molecule is COc1cccc2c1C(=O)c1c(O)c3c(c(O)c1C2=O)C[C@@](O)(C(=O)CO)C[C@@H]3O[C@H]1C[C@H](NC(=O)OCc2ccc(NC(=O)[C@H](CC(C)C)NC(=O)[C@H](CO)NC(=O)[C@H](Cc3ccc(O)cc3)NC(=O)[C@H](Cc3ccc(O)cc3)NC(=O)[C@H](CO)NC(=O)[C@H](CO)NC(=O)[C@H](CCCNC(=N)N)NC(=O)CCCCCN3C(=O)C=CC3=O)cc2)[C@H](O)[C@H](C)O1. The molecule has 4 aliphatic rings. The molecule has 0 saturated carbocycles. The number of guanidine groups is 1. The van der Waals surface area contributed by atoms with Crippen molar-refractivity contribution >= 4 is 94.2 Å². The van der Waals surface area contributed by atoms with E-state index < -0.39 is 236 Å². The third kappa shape index (κ3) is 24.9. The fraction of sp³-hybridized carbons (Fsp3) is 0.440. The van der Waals surface area contributed by atoms with Gasteiger partial charge in [-0.2, -0.15) is 0 Å². The number of Topliss-reactive ketones (excluding diaryl/α,β-unsaturated/α-hetero) is 1. The summed E-state index contributed by atoms with van der Waals surface area (Å²) in [7, 11) is 1.26. The van der Waals surface area contributed by atoms with Crippen LogP contribution in [0, 0.1) is 11.3 Å². The molecule has 0 unspecified atom stereocenters. The Morgan fingerprint density at radius 2 is 1.14 bits per heavy atom. The van der Waals surface area contributed by atoms with Gasteiger partial charge in [-0.05, 0) is 104 Å². The van der Waals surface area contributed by atoms with Crippen molar-refractivity contribution < 1.29 is 137 Å². The number of amides is 11. The van der Waals surface area contributed by atoms with Gasteiger partial charge in [0.15, 0.2) is 23.8 Å². The second-order valence-corrected chi connectivity index (χ2v) is 30.9. The molecule has 11 amide bonds. The number of rotatable bonds is 42. The third-order valence-electron chi connectivity index (χ3n) is 21.3. The maximum absolute atomic E-state index is 14.7. The number of ketones is 3. The number of imide groups is 1. The Hall–Kier alpha value is -13.0. The van der Waals surface area contributed by atoms with Gasteiger partial charge in [-0.1, -0.05) is 68.8 Å². The largest absolute Gasteiger partial charge is 0.508 e. The fourth-order valence-electron chi connectivity index (χ4n) is 14.6. The van der Waals surface area contributed by atoms with E-state index in [0.29, 0.717) is 29.5 Å². The van der Waals surface area contributed by atoms with Gasteiger partial charge in [0.05, 0.1) is 61.9 Å². The molecule has 0 radical (unpaired) electrons. The molecule has 41 heteroatoms. The lowest BCUT2D eigenvalue weighted by Gasteiger charge is -2.42. The quantitative estimate of drug-likeness (QED) is 0.00646. The number of nitrogens with one attached hydrogen (secondary N) is 11. The molecule has 125 heavy (non-hydrogen) atoms. The van der Waals surface area contributed by atoms with E-state index in [1.54, 1.807) is 13.8 Å². The average molecular weight is 1740 g/mol. The summed E-state index contributed by atoms with van der Waals surface area (Å²) in [6, 6.07) is 7.78. The molecule has 23 N–H and O–H groups in total. The van der Waals surface area contributed by atoms with Crippen molar-refractivity contribution in [3.8, 4) is 28.7 Å². The number of phenolic OH excluding ortho intramolecular Hbond substituents is 4. The zero-order valence-corrected chi connectivity index (χ0v) is 68.6. The number of aliphatic hydroxyl groups is 6. The van der Waals surface area contributed by atoms with Crippen LogP contribution in [0.1, 0.15) is 144 Å². The number of alkyl carbamates (subject to hydrolysis) is 1. The molecule has 13 atom stereocenters. The summed E-state index contributed by atoms with van der Waals surface area (Å²) in [5.74, 6) is -14.6. The van der Waals surface area contributed by atoms with Crippen LogP contribution in [-0.4, -0.2) is 264 Å². The van der Waals surface area contributed by atoms with E-state index in [1.165, 1.54) is 105 Å². The molecule has 0 bridgehead atoms. The molecule has 9 rings (SSSR count). The highest BCUT2D eigenvalue weighted by molar-refractivity contribution is 6.31. The van der Waals surface area contributed by atoms with Crippen LogP contribution in [0.25, 0.3) is 0 Å². The van der Waals surface area contributed by atoms with Crippen LogP contribution in [0.3, 0.4) is 0 Å². The zero-order valence-electron chi connectivity index (χ0n) is 68.6. The van der Waals surface area contributed by atoms with E-state index in [9.17, 15) is 118 Å². The van der Waals surface area contributed by atoms with E-state index >= 15 is 0 Å². The molecule has 1 fully saturated rings. The van der Waals surface area contributed by atoms with Crippen LogP contribution < -0.4 is 63.6 Å². The van der Waals surface area contributed by atoms with Crippen molar-refractivity contribution in [1.82, 2.24) is 52.8 Å². The molecule has 5 aromatic carbocycles. The summed E-state index contributed by atoms with van der Waals surface area (Å²) in [5, 5.41) is 141. The number of aromatic hydroxyl groups is 4. The highest BCUT2D eigenvalue weighted by Gasteiger charge is 2.51. The minimum atomic E-state index is -2.47. The third-order valence-corrected chi connectivity index (χ3v) is 21.3. The normalized spacial score (nSPS) is 19.2. The minimum absolute atomic E-state index is 0.00806. The number of fused-ring (bicyclic) bond motifs is 3. The van der Waals surface area contributed by atoms with Crippen molar-refractivity contribution in [2.75, 3.05) is 51.9 Å². The van der Waals surface area contributed by atoms with Gasteiger partial charge in [-0.25, -0.2) is 4.79 Å². The van der Waals surface area contributed by atoms with Gasteiger partial charge in [0.25, 0.3) is 11.8 Å². The van der Waals surface area contributed by atoms with Gasteiger partial charge >= 0.3 is 6.09 Å². The van der Waals surface area contributed by atoms with E-state index in [0.717, 1.165) is 17.1 Å². The number of carbonyl (C=O) groups excluding carboxylic acids is 14. The molecule has 0 aromatic heterocycles. The topological polar surface area (TPSA) is 652 Å². The second kappa shape index (κ2) is 43.8. The number of hydrogen-bond donors (Lipinski definition) is 22. The average Bonchev–Trinajstić information content (AvgIpc) is 1.45. The van der Waals surface area contributed by atoms with Crippen LogP contribution in [0.5, 0.6) is 28.7 Å². The molecule has 2 heterocycles. The number of unbranched alkanes of at least 4 members (excludes halogenated alkanes) is 2. The Morgan fingerprint density at radius 1 is 0.616 bits per heavy atom. The highest BCUT2D eigenvalue weighted by Crippen LogP contribution is 2.53. The summed E-state index contributed by atoms with van der Waals surface area (Å²) in [6.07, 6.45) is -5.88. The monoisotopic (exact) mass is 1740 g/mol. The Morgan fingerprint density at radius 3 is 1.66 bits per heavy atom. The smallest absolute Gasteiger partial charge is 0.407 e. The van der Waals surface area contributed by atoms with Crippen molar-refractivity contribution in [1.29, 1.82) is 5.41 Å². The number of nitrogens with zero attached hydrogens (tertiary/aromatic N) is 1. The maximum Gasteiger partial charge on any atom is 0.407 e. The number of nitrogens with two attached hydrogens (primary N) is 1. The molecule has 5 aromatic rings. The number of methoxy groups -OCH3 is 1. The molecule has 1 saturated heterocycles.